The standard InChI is InChI=1S/C23H17F3N4O/c1-15-5-6-17(22(31)29-20-13-18(9-10-27-20)23(24,25)26)12-16(15)7-8-19-14-28-21-4-2-3-11-30(19)21/h2-6,9-13,19H,14H2,1H3,(H,27,29,31). The molecule has 3 heterocycles. The Hall–Kier alpha value is -3.86. The first kappa shape index (κ1) is 20.4. The number of pyridine rings is 1. The predicted molar refractivity (Wildman–Crippen MR) is 111 cm³/mol. The molecule has 0 saturated carbocycles. The summed E-state index contributed by atoms with van der Waals surface area (Å²) in [4.78, 5) is 22.8. The molecule has 0 saturated heterocycles. The zero-order chi connectivity index (χ0) is 22.0. The smallest absolute Gasteiger partial charge is 0.317 e. The quantitative estimate of drug-likeness (QED) is 0.739. The van der Waals surface area contributed by atoms with E-state index in [1.165, 1.54) is 0 Å². The molecule has 156 valence electrons. The van der Waals surface area contributed by atoms with Gasteiger partial charge < -0.3 is 10.2 Å². The minimum absolute atomic E-state index is 0.0950. The van der Waals surface area contributed by atoms with Crippen molar-refractivity contribution in [2.75, 3.05) is 11.9 Å². The van der Waals surface area contributed by atoms with Gasteiger partial charge in [-0.25, -0.2) is 4.98 Å². The van der Waals surface area contributed by atoms with Gasteiger partial charge in [-0.2, -0.15) is 13.2 Å². The van der Waals surface area contributed by atoms with Gasteiger partial charge in [-0.3, -0.25) is 9.79 Å². The number of benzene rings is 1. The van der Waals surface area contributed by atoms with Gasteiger partial charge in [0.1, 0.15) is 17.7 Å². The third kappa shape index (κ3) is 4.51. The number of nitrogens with zero attached hydrogens (tertiary/aromatic N) is 3. The lowest BCUT2D eigenvalue weighted by molar-refractivity contribution is -0.137. The van der Waals surface area contributed by atoms with E-state index >= 15 is 0 Å². The number of alkyl halides is 3. The molecule has 4 rings (SSSR count). The summed E-state index contributed by atoms with van der Waals surface area (Å²) < 4.78 is 38.6. The minimum atomic E-state index is -4.52. The third-order valence-corrected chi connectivity index (χ3v) is 4.83. The van der Waals surface area contributed by atoms with Crippen LogP contribution in [0.5, 0.6) is 0 Å². The van der Waals surface area contributed by atoms with Crippen molar-refractivity contribution >= 4 is 17.6 Å². The number of fused-ring (bicyclic) bond motifs is 1. The zero-order valence-electron chi connectivity index (χ0n) is 16.4. The summed E-state index contributed by atoms with van der Waals surface area (Å²) >= 11 is 0. The number of aryl methyl sites for hydroxylation is 1. The van der Waals surface area contributed by atoms with Crippen LogP contribution in [0.2, 0.25) is 0 Å². The molecule has 1 unspecified atom stereocenters. The number of amidine groups is 1. The fraction of sp³-hybridized carbons (Fsp3) is 0.174. The predicted octanol–water partition coefficient (Wildman–Crippen LogP) is 4.18. The lowest BCUT2D eigenvalue weighted by Crippen LogP contribution is -2.30. The van der Waals surface area contributed by atoms with Gasteiger partial charge in [0.05, 0.1) is 12.1 Å². The number of carbonyl (C=O) groups is 1. The molecule has 1 amide bonds. The fourth-order valence-corrected chi connectivity index (χ4v) is 3.15. The van der Waals surface area contributed by atoms with Crippen LogP contribution in [-0.2, 0) is 6.18 Å². The lowest BCUT2D eigenvalue weighted by atomic mass is 10.0. The Morgan fingerprint density at radius 2 is 2.06 bits per heavy atom. The van der Waals surface area contributed by atoms with E-state index < -0.39 is 17.6 Å². The highest BCUT2D eigenvalue weighted by atomic mass is 19.4. The Balaban J connectivity index is 1.52. The molecule has 2 aliphatic heterocycles. The summed E-state index contributed by atoms with van der Waals surface area (Å²) in [5.41, 5.74) is 0.940. The monoisotopic (exact) mass is 422 g/mol. The Kier molecular flexibility index (Phi) is 5.34. The first-order chi connectivity index (χ1) is 14.8. The normalized spacial score (nSPS) is 17.0. The number of nitrogens with one attached hydrogen (secondary N) is 1. The van der Waals surface area contributed by atoms with E-state index in [4.69, 9.17) is 0 Å². The van der Waals surface area contributed by atoms with Gasteiger partial charge in [-0.05, 0) is 48.9 Å². The number of amides is 1. The highest BCUT2D eigenvalue weighted by Gasteiger charge is 2.31. The van der Waals surface area contributed by atoms with Crippen molar-refractivity contribution in [2.45, 2.75) is 19.1 Å². The van der Waals surface area contributed by atoms with Gasteiger partial charge in [0.25, 0.3) is 5.91 Å². The number of halogens is 3. The second-order valence-electron chi connectivity index (χ2n) is 7.00. The number of hydrogen-bond donors (Lipinski definition) is 1. The fourth-order valence-electron chi connectivity index (χ4n) is 3.15. The van der Waals surface area contributed by atoms with E-state index in [0.29, 0.717) is 12.1 Å². The maximum Gasteiger partial charge on any atom is 0.416 e. The molecule has 0 bridgehead atoms. The summed E-state index contributed by atoms with van der Waals surface area (Å²) in [5.74, 6) is 6.42. The van der Waals surface area contributed by atoms with Crippen molar-refractivity contribution in [3.05, 3.63) is 83.2 Å². The van der Waals surface area contributed by atoms with Crippen LogP contribution in [0.1, 0.15) is 27.0 Å². The number of rotatable bonds is 2. The van der Waals surface area contributed by atoms with Crippen LogP contribution in [0.15, 0.2) is 65.9 Å². The number of hydrogen-bond acceptors (Lipinski definition) is 4. The number of allylic oxidation sites excluding steroid dienone is 2. The van der Waals surface area contributed by atoms with Gasteiger partial charge in [0, 0.05) is 23.5 Å². The van der Waals surface area contributed by atoms with Gasteiger partial charge >= 0.3 is 6.18 Å². The van der Waals surface area contributed by atoms with E-state index in [9.17, 15) is 18.0 Å². The maximum absolute atomic E-state index is 12.9. The minimum Gasteiger partial charge on any atom is -0.317 e. The van der Waals surface area contributed by atoms with Crippen molar-refractivity contribution in [1.29, 1.82) is 0 Å². The van der Waals surface area contributed by atoms with E-state index in [1.807, 2.05) is 36.3 Å². The van der Waals surface area contributed by atoms with Crippen LogP contribution in [0.4, 0.5) is 19.0 Å². The maximum atomic E-state index is 12.9. The van der Waals surface area contributed by atoms with E-state index in [2.05, 4.69) is 27.1 Å². The zero-order valence-corrected chi connectivity index (χ0v) is 16.4. The second kappa shape index (κ2) is 8.11. The molecule has 1 aromatic carbocycles. The van der Waals surface area contributed by atoms with Crippen molar-refractivity contribution in [1.82, 2.24) is 9.88 Å². The summed E-state index contributed by atoms with van der Waals surface area (Å²) in [6.45, 7) is 2.43. The average Bonchev–Trinajstić information content (AvgIpc) is 3.16. The van der Waals surface area contributed by atoms with Crippen LogP contribution < -0.4 is 5.32 Å². The molecule has 0 spiro atoms. The van der Waals surface area contributed by atoms with Crippen molar-refractivity contribution in [2.24, 2.45) is 4.99 Å². The van der Waals surface area contributed by atoms with Gasteiger partial charge in [-0.1, -0.05) is 24.0 Å². The van der Waals surface area contributed by atoms with Crippen molar-refractivity contribution < 1.29 is 18.0 Å². The Morgan fingerprint density at radius 1 is 1.23 bits per heavy atom. The Bertz CT molecular complexity index is 1190. The molecule has 0 aliphatic carbocycles. The highest BCUT2D eigenvalue weighted by Crippen LogP contribution is 2.30. The van der Waals surface area contributed by atoms with Crippen molar-refractivity contribution in [3.8, 4) is 11.8 Å². The van der Waals surface area contributed by atoms with Crippen LogP contribution in [0.3, 0.4) is 0 Å². The summed E-state index contributed by atoms with van der Waals surface area (Å²) in [5, 5.41) is 2.41. The molecule has 5 nitrogen and oxygen atoms in total. The van der Waals surface area contributed by atoms with E-state index in [0.717, 1.165) is 29.7 Å². The number of aromatic nitrogens is 1. The number of aliphatic imine (C=N–C) groups is 1. The van der Waals surface area contributed by atoms with Crippen LogP contribution in [0.25, 0.3) is 0 Å². The Morgan fingerprint density at radius 3 is 2.87 bits per heavy atom. The van der Waals surface area contributed by atoms with Crippen LogP contribution >= 0.6 is 0 Å². The SMILES string of the molecule is Cc1ccc(C(=O)Nc2cc(C(F)(F)F)ccn2)cc1C#CC1CN=C2C=CC=CN21. The molecule has 2 aliphatic rings. The molecule has 1 aromatic heterocycles. The largest absolute Gasteiger partial charge is 0.416 e. The summed E-state index contributed by atoms with van der Waals surface area (Å²) in [6.07, 6.45) is 4.15. The van der Waals surface area contributed by atoms with Crippen LogP contribution in [-0.4, -0.2) is 34.2 Å². The molecule has 31 heavy (non-hydrogen) atoms. The van der Waals surface area contributed by atoms with Crippen LogP contribution in [0, 0.1) is 18.8 Å². The van der Waals surface area contributed by atoms with Gasteiger partial charge in [-0.15, -0.1) is 0 Å². The average molecular weight is 422 g/mol. The molecular weight excluding hydrogens is 405 g/mol. The topological polar surface area (TPSA) is 57.6 Å². The first-order valence-corrected chi connectivity index (χ1v) is 9.46. The van der Waals surface area contributed by atoms with E-state index in [1.54, 1.807) is 18.2 Å². The first-order valence-electron chi connectivity index (χ1n) is 9.46. The molecule has 8 heteroatoms. The molecule has 2 aromatic rings. The third-order valence-electron chi connectivity index (χ3n) is 4.83. The number of anilines is 1. The highest BCUT2D eigenvalue weighted by molar-refractivity contribution is 6.04. The summed E-state index contributed by atoms with van der Waals surface area (Å²) in [7, 11) is 0. The van der Waals surface area contributed by atoms with Gasteiger partial charge in [0.2, 0.25) is 0 Å². The molecular formula is C23H17F3N4O. The lowest BCUT2D eigenvalue weighted by Gasteiger charge is -2.20. The number of carbonyl (C=O) groups excluding carboxylic acids is 1. The molecule has 1 atom stereocenters. The van der Waals surface area contributed by atoms with Gasteiger partial charge in [0.15, 0.2) is 0 Å². The van der Waals surface area contributed by atoms with E-state index in [-0.39, 0.29) is 17.4 Å². The van der Waals surface area contributed by atoms with Crippen molar-refractivity contribution in [3.63, 3.8) is 0 Å². The molecule has 1 N–H and O–H groups in total. The molecule has 0 radical (unpaired) electrons. The molecule has 0 fully saturated rings. The Labute approximate surface area is 177 Å². The summed E-state index contributed by atoms with van der Waals surface area (Å²) in [6, 6.07) is 6.51. The second-order valence-corrected chi connectivity index (χ2v) is 7.00.